The Morgan fingerprint density at radius 1 is 1.08 bits per heavy atom. The normalized spacial score (nSPS) is 10.2. The maximum absolute atomic E-state index is 12.1. The van der Waals surface area contributed by atoms with E-state index in [0.29, 0.717) is 25.1 Å². The Bertz CT molecular complexity index is 696. The van der Waals surface area contributed by atoms with Crippen LogP contribution in [0, 0.1) is 0 Å². The number of amides is 2. The minimum atomic E-state index is -0.375. The van der Waals surface area contributed by atoms with Gasteiger partial charge in [0.15, 0.2) is 0 Å². The van der Waals surface area contributed by atoms with Gasteiger partial charge in [0.25, 0.3) is 0 Å². The molecule has 0 bridgehead atoms. The van der Waals surface area contributed by atoms with Crippen molar-refractivity contribution in [2.24, 2.45) is 5.73 Å². The molecule has 3 N–H and O–H groups in total. The number of carbonyl (C=O) groups is 2. The van der Waals surface area contributed by atoms with E-state index in [0.717, 1.165) is 16.9 Å². The average molecular weight is 326 g/mol. The summed E-state index contributed by atoms with van der Waals surface area (Å²) < 4.78 is 5.56. The number of benzene rings is 2. The zero-order valence-corrected chi connectivity index (χ0v) is 13.7. The van der Waals surface area contributed by atoms with Gasteiger partial charge in [0.1, 0.15) is 5.75 Å². The summed E-state index contributed by atoms with van der Waals surface area (Å²) in [6.07, 6.45) is 1.18. The van der Waals surface area contributed by atoms with Gasteiger partial charge in [-0.2, -0.15) is 0 Å². The van der Waals surface area contributed by atoms with Gasteiger partial charge in [-0.1, -0.05) is 30.3 Å². The van der Waals surface area contributed by atoms with Crippen molar-refractivity contribution >= 4 is 17.5 Å². The van der Waals surface area contributed by atoms with Gasteiger partial charge in [0.2, 0.25) is 11.8 Å². The minimum Gasteiger partial charge on any atom is -0.494 e. The molecule has 24 heavy (non-hydrogen) atoms. The van der Waals surface area contributed by atoms with Gasteiger partial charge >= 0.3 is 0 Å². The van der Waals surface area contributed by atoms with E-state index in [1.54, 1.807) is 24.3 Å². The van der Waals surface area contributed by atoms with Crippen LogP contribution in [0.15, 0.2) is 48.5 Å². The summed E-state index contributed by atoms with van der Waals surface area (Å²) in [5.74, 6) is 0.382. The van der Waals surface area contributed by atoms with Crippen molar-refractivity contribution in [1.29, 1.82) is 0 Å². The van der Waals surface area contributed by atoms with Gasteiger partial charge in [-0.15, -0.1) is 0 Å². The molecule has 0 spiro atoms. The second-order valence-electron chi connectivity index (χ2n) is 5.43. The van der Waals surface area contributed by atoms with E-state index < -0.39 is 0 Å². The number of para-hydroxylation sites is 1. The Morgan fingerprint density at radius 3 is 2.46 bits per heavy atom. The molecule has 5 nitrogen and oxygen atoms in total. The molecule has 2 amide bonds. The molecule has 2 rings (SSSR count). The molecule has 0 heterocycles. The number of anilines is 1. The minimum absolute atomic E-state index is 0.0658. The first kappa shape index (κ1) is 17.5. The van der Waals surface area contributed by atoms with Crippen LogP contribution in [-0.4, -0.2) is 18.4 Å². The van der Waals surface area contributed by atoms with Gasteiger partial charge in [0, 0.05) is 12.1 Å². The monoisotopic (exact) mass is 326 g/mol. The van der Waals surface area contributed by atoms with Crippen molar-refractivity contribution < 1.29 is 14.3 Å². The van der Waals surface area contributed by atoms with Gasteiger partial charge in [-0.25, -0.2) is 0 Å². The highest BCUT2D eigenvalue weighted by Crippen LogP contribution is 2.20. The number of carbonyl (C=O) groups excluding carboxylic acids is 2. The number of ether oxygens (including phenoxy) is 1. The smallest absolute Gasteiger partial charge is 0.224 e. The van der Waals surface area contributed by atoms with Gasteiger partial charge in [-0.05, 0) is 42.7 Å². The number of nitrogens with two attached hydrogens (primary N) is 1. The van der Waals surface area contributed by atoms with Crippen LogP contribution in [0.5, 0.6) is 5.75 Å². The molecule has 0 fully saturated rings. The molecule has 0 aliphatic rings. The average Bonchev–Trinajstić information content (AvgIpc) is 2.56. The SMILES string of the molecule is CCOc1ccccc1CCC(=O)Nc1ccc(CC(N)=O)cc1. The summed E-state index contributed by atoms with van der Waals surface area (Å²) in [5, 5.41) is 2.85. The van der Waals surface area contributed by atoms with E-state index >= 15 is 0 Å². The highest BCUT2D eigenvalue weighted by molar-refractivity contribution is 5.91. The number of primary amides is 1. The van der Waals surface area contributed by atoms with Crippen molar-refractivity contribution in [3.8, 4) is 5.75 Å². The van der Waals surface area contributed by atoms with Crippen LogP contribution in [-0.2, 0) is 22.4 Å². The Hall–Kier alpha value is -2.82. The largest absolute Gasteiger partial charge is 0.494 e. The molecule has 0 aliphatic heterocycles. The lowest BCUT2D eigenvalue weighted by molar-refractivity contribution is -0.117. The molecule has 0 aromatic heterocycles. The molecule has 0 unspecified atom stereocenters. The number of hydrogen-bond acceptors (Lipinski definition) is 3. The van der Waals surface area contributed by atoms with E-state index in [1.807, 2.05) is 31.2 Å². The van der Waals surface area contributed by atoms with E-state index in [4.69, 9.17) is 10.5 Å². The van der Waals surface area contributed by atoms with Crippen molar-refractivity contribution in [2.75, 3.05) is 11.9 Å². The number of nitrogens with one attached hydrogen (secondary N) is 1. The lowest BCUT2D eigenvalue weighted by Gasteiger charge is -2.10. The highest BCUT2D eigenvalue weighted by Gasteiger charge is 2.07. The Balaban J connectivity index is 1.88. The molecular weight excluding hydrogens is 304 g/mol. The zero-order valence-electron chi connectivity index (χ0n) is 13.7. The fourth-order valence-electron chi connectivity index (χ4n) is 2.39. The van der Waals surface area contributed by atoms with Crippen LogP contribution < -0.4 is 15.8 Å². The summed E-state index contributed by atoms with van der Waals surface area (Å²) in [7, 11) is 0. The first-order valence-electron chi connectivity index (χ1n) is 7.96. The third-order valence-corrected chi connectivity index (χ3v) is 3.51. The third kappa shape index (κ3) is 5.43. The fraction of sp³-hybridized carbons (Fsp3) is 0.263. The number of hydrogen-bond donors (Lipinski definition) is 2. The van der Waals surface area contributed by atoms with Crippen molar-refractivity contribution in [1.82, 2.24) is 0 Å². The van der Waals surface area contributed by atoms with Gasteiger partial charge < -0.3 is 15.8 Å². The molecular formula is C19H22N2O3. The first-order valence-corrected chi connectivity index (χ1v) is 7.96. The summed E-state index contributed by atoms with van der Waals surface area (Å²) >= 11 is 0. The molecule has 2 aromatic carbocycles. The van der Waals surface area contributed by atoms with E-state index in [9.17, 15) is 9.59 Å². The highest BCUT2D eigenvalue weighted by atomic mass is 16.5. The molecule has 0 radical (unpaired) electrons. The van der Waals surface area contributed by atoms with E-state index in [2.05, 4.69) is 5.32 Å². The Morgan fingerprint density at radius 2 is 1.79 bits per heavy atom. The fourth-order valence-corrected chi connectivity index (χ4v) is 2.39. The maximum Gasteiger partial charge on any atom is 0.224 e. The topological polar surface area (TPSA) is 81.4 Å². The van der Waals surface area contributed by atoms with Crippen LogP contribution in [0.4, 0.5) is 5.69 Å². The molecule has 0 atom stereocenters. The summed E-state index contributed by atoms with van der Waals surface area (Å²) in [4.78, 5) is 23.0. The molecule has 0 aliphatic carbocycles. The molecule has 0 saturated heterocycles. The predicted octanol–water partition coefficient (Wildman–Crippen LogP) is 2.68. The molecule has 2 aromatic rings. The quantitative estimate of drug-likeness (QED) is 0.782. The second-order valence-corrected chi connectivity index (χ2v) is 5.43. The van der Waals surface area contributed by atoms with Gasteiger partial charge in [-0.3, -0.25) is 9.59 Å². The van der Waals surface area contributed by atoms with Crippen LogP contribution in [0.2, 0.25) is 0 Å². The van der Waals surface area contributed by atoms with Crippen molar-refractivity contribution in [3.05, 3.63) is 59.7 Å². The molecule has 0 saturated carbocycles. The second kappa shape index (κ2) is 8.72. The zero-order chi connectivity index (χ0) is 17.4. The van der Waals surface area contributed by atoms with Crippen LogP contribution in [0.3, 0.4) is 0 Å². The van der Waals surface area contributed by atoms with E-state index in [-0.39, 0.29) is 18.2 Å². The van der Waals surface area contributed by atoms with Crippen molar-refractivity contribution in [2.45, 2.75) is 26.2 Å². The summed E-state index contributed by atoms with van der Waals surface area (Å²) in [6.45, 7) is 2.53. The maximum atomic E-state index is 12.1. The van der Waals surface area contributed by atoms with E-state index in [1.165, 1.54) is 0 Å². The number of rotatable bonds is 8. The molecule has 126 valence electrons. The van der Waals surface area contributed by atoms with Crippen LogP contribution in [0.25, 0.3) is 0 Å². The lowest BCUT2D eigenvalue weighted by atomic mass is 10.1. The Labute approximate surface area is 141 Å². The third-order valence-electron chi connectivity index (χ3n) is 3.51. The number of aryl methyl sites for hydroxylation is 1. The predicted molar refractivity (Wildman–Crippen MR) is 93.9 cm³/mol. The van der Waals surface area contributed by atoms with Crippen LogP contribution in [0.1, 0.15) is 24.5 Å². The summed E-state index contributed by atoms with van der Waals surface area (Å²) in [6, 6.07) is 14.8. The lowest BCUT2D eigenvalue weighted by Crippen LogP contribution is -2.14. The van der Waals surface area contributed by atoms with Crippen LogP contribution >= 0.6 is 0 Å². The Kier molecular flexibility index (Phi) is 6.37. The standard InChI is InChI=1S/C19H22N2O3/c1-2-24-17-6-4-3-5-15(17)9-12-19(23)21-16-10-7-14(8-11-16)13-18(20)22/h3-8,10-11H,2,9,12-13H2,1H3,(H2,20,22)(H,21,23). The summed E-state index contributed by atoms with van der Waals surface area (Å²) in [5.41, 5.74) is 7.70. The first-order chi connectivity index (χ1) is 11.6. The van der Waals surface area contributed by atoms with Gasteiger partial charge in [0.05, 0.1) is 13.0 Å². The molecule has 5 heteroatoms. The van der Waals surface area contributed by atoms with Crippen molar-refractivity contribution in [3.63, 3.8) is 0 Å².